The van der Waals surface area contributed by atoms with E-state index < -0.39 is 34.8 Å². The monoisotopic (exact) mass is 1140 g/mol. The number of pyridine rings is 1. The van der Waals surface area contributed by atoms with Crippen molar-refractivity contribution in [1.29, 1.82) is 0 Å². The topological polar surface area (TPSA) is 219 Å². The molecule has 12 rings (SSSR count). The first-order valence-corrected chi connectivity index (χ1v) is 27.6. The van der Waals surface area contributed by atoms with E-state index in [9.17, 15) is 22.8 Å². The molecule has 18 nitrogen and oxygen atoms in total. The van der Waals surface area contributed by atoms with Gasteiger partial charge < -0.3 is 55.1 Å². The number of amides is 2. The highest BCUT2D eigenvalue weighted by Gasteiger charge is 2.43. The van der Waals surface area contributed by atoms with Gasteiger partial charge in [0.05, 0.1) is 30.9 Å². The van der Waals surface area contributed by atoms with Crippen molar-refractivity contribution in [3.05, 3.63) is 153 Å². The lowest BCUT2D eigenvalue weighted by Crippen LogP contribution is -2.45. The molecule has 2 amide bonds. The number of rotatable bonds is 13. The molecule has 0 aliphatic carbocycles. The van der Waals surface area contributed by atoms with Gasteiger partial charge in [-0.25, -0.2) is 4.98 Å². The molecule has 0 unspecified atom stereocenters. The van der Waals surface area contributed by atoms with Gasteiger partial charge in [0.1, 0.15) is 28.4 Å². The zero-order chi connectivity index (χ0) is 54.1. The summed E-state index contributed by atoms with van der Waals surface area (Å²) in [7, 11) is 0. The van der Waals surface area contributed by atoms with E-state index in [-0.39, 0.29) is 30.2 Å². The predicted molar refractivity (Wildman–Crippen MR) is 290 cm³/mol. The number of nitrogens with one attached hydrogen (secondary N) is 6. The number of nitrogens with zero attached hydrogens (tertiary/aromatic N) is 6. The zero-order valence-corrected chi connectivity index (χ0v) is 44.6. The third kappa shape index (κ3) is 11.0. The maximum absolute atomic E-state index is 13.8. The second-order valence-corrected chi connectivity index (χ2v) is 21.7. The summed E-state index contributed by atoms with van der Waals surface area (Å²) in [5.74, 6) is 2.62. The highest BCUT2D eigenvalue weighted by Crippen LogP contribution is 2.44. The molecule has 79 heavy (non-hydrogen) atoms. The standard InChI is InChI=1S/C57H58BrF3N12O6/c58-38-10-11-46-42(33-38)45(15-28-76-46)66-50(75)36-5-2-7-40(31-36)68-56(19-24-63-25-20-56)54-72-70-52(79-54)37-12-21-64-47(32-37)73-26-13-34(14-27-73)51-69-71-53(78-51)55(17-22-62-23-18-55)67-39-6-1-4-35(30-39)49(74)65-44-16-29-77-48-41(44)8-3-9-43(48)57(59,60)61/h1-12,21,30-34,44-45,62-63,67-68H,13-20,22-29H2,(H,65,74)(H,66,75)/t44-,45+/m0/s1. The van der Waals surface area contributed by atoms with Gasteiger partial charge in [-0.2, -0.15) is 13.2 Å². The van der Waals surface area contributed by atoms with Crippen molar-refractivity contribution in [3.8, 4) is 23.0 Å². The maximum Gasteiger partial charge on any atom is 0.419 e. The number of carbonyl (C=O) groups is 2. The number of carbonyl (C=O) groups excluding carboxylic acids is 2. The number of benzene rings is 4. The van der Waals surface area contributed by atoms with Crippen molar-refractivity contribution in [2.24, 2.45) is 0 Å². The lowest BCUT2D eigenvalue weighted by atomic mass is 9.87. The van der Waals surface area contributed by atoms with Crippen LogP contribution in [-0.2, 0) is 17.3 Å². The van der Waals surface area contributed by atoms with Crippen LogP contribution in [0.4, 0.5) is 30.4 Å². The second-order valence-electron chi connectivity index (χ2n) is 20.8. The van der Waals surface area contributed by atoms with Crippen LogP contribution in [0.25, 0.3) is 11.5 Å². The van der Waals surface area contributed by atoms with E-state index in [2.05, 4.69) is 73.1 Å². The van der Waals surface area contributed by atoms with Crippen molar-refractivity contribution in [2.75, 3.05) is 68.0 Å². The molecule has 7 aromatic rings. The third-order valence-electron chi connectivity index (χ3n) is 15.8. The fraction of sp³-hybridized carbons (Fsp3) is 0.386. The van der Waals surface area contributed by atoms with Crippen molar-refractivity contribution in [1.82, 2.24) is 46.6 Å². The molecule has 5 aliphatic heterocycles. The normalized spacial score (nSPS) is 19.9. The molecule has 22 heteroatoms. The molecule has 3 saturated heterocycles. The van der Waals surface area contributed by atoms with Gasteiger partial charge in [0.15, 0.2) is 0 Å². The summed E-state index contributed by atoms with van der Waals surface area (Å²) >= 11 is 3.55. The van der Waals surface area contributed by atoms with Crippen molar-refractivity contribution in [3.63, 3.8) is 0 Å². The molecule has 0 saturated carbocycles. The summed E-state index contributed by atoms with van der Waals surface area (Å²) in [6.45, 7) is 4.79. The number of anilines is 3. The summed E-state index contributed by atoms with van der Waals surface area (Å²) in [5.41, 5.74) is 2.03. The maximum atomic E-state index is 13.8. The number of fused-ring (bicyclic) bond motifs is 2. The average Bonchev–Trinajstić information content (AvgIpc) is 4.24. The molecule has 6 N–H and O–H groups in total. The number of alkyl halides is 3. The molecular formula is C57H58BrF3N12O6. The van der Waals surface area contributed by atoms with E-state index in [1.807, 2.05) is 60.7 Å². The zero-order valence-electron chi connectivity index (χ0n) is 43.0. The van der Waals surface area contributed by atoms with E-state index in [1.165, 1.54) is 6.07 Å². The van der Waals surface area contributed by atoms with Gasteiger partial charge >= 0.3 is 6.18 Å². The minimum absolute atomic E-state index is 0.0170. The van der Waals surface area contributed by atoms with Gasteiger partial charge in [0, 0.05) is 81.7 Å². The molecule has 4 aromatic carbocycles. The van der Waals surface area contributed by atoms with Crippen molar-refractivity contribution >= 4 is 44.9 Å². The number of aromatic nitrogens is 5. The van der Waals surface area contributed by atoms with Crippen LogP contribution in [0.3, 0.4) is 0 Å². The van der Waals surface area contributed by atoms with Crippen LogP contribution >= 0.6 is 15.9 Å². The molecule has 5 aliphatic rings. The Bertz CT molecular complexity index is 3350. The first-order chi connectivity index (χ1) is 38.4. The molecule has 2 atom stereocenters. The summed E-state index contributed by atoms with van der Waals surface area (Å²) in [6, 6.07) is 27.3. The van der Waals surface area contributed by atoms with E-state index in [4.69, 9.17) is 23.3 Å². The Kier molecular flexibility index (Phi) is 14.5. The fourth-order valence-electron chi connectivity index (χ4n) is 11.5. The fourth-order valence-corrected chi connectivity index (χ4v) is 11.9. The third-order valence-corrected chi connectivity index (χ3v) is 16.3. The highest BCUT2D eigenvalue weighted by atomic mass is 79.9. The SMILES string of the molecule is O=C(N[C@H]1CCOc2c1cccc2C(F)(F)F)c1cccc(NC2(c3nnc(C4CCN(c5cc(-c6nnc(C7(Nc8cccc(C(=O)N[C@@H]9CCOc%10ccc(Br)cc%109)c8)CCNCC7)o6)ccn5)CC4)o3)CCNCC2)c1. The molecule has 0 bridgehead atoms. The Morgan fingerprint density at radius 3 is 1.92 bits per heavy atom. The Labute approximate surface area is 461 Å². The number of ether oxygens (including phenoxy) is 2. The van der Waals surface area contributed by atoms with Gasteiger partial charge in [-0.15, -0.1) is 20.4 Å². The quantitative estimate of drug-likeness (QED) is 0.0633. The summed E-state index contributed by atoms with van der Waals surface area (Å²) in [6.07, 6.45) is 2.29. The average molecular weight is 1140 g/mol. The van der Waals surface area contributed by atoms with Crippen LogP contribution in [0, 0.1) is 0 Å². The van der Waals surface area contributed by atoms with Gasteiger partial charge in [-0.05, 0) is 138 Å². The number of hydrogen-bond acceptors (Lipinski definition) is 16. The molecule has 3 aromatic heterocycles. The molecule has 410 valence electrons. The number of piperidine rings is 3. The Balaban J connectivity index is 0.690. The van der Waals surface area contributed by atoms with E-state index in [0.29, 0.717) is 117 Å². The van der Waals surface area contributed by atoms with E-state index in [0.717, 1.165) is 64.9 Å². The van der Waals surface area contributed by atoms with Crippen LogP contribution in [0.5, 0.6) is 11.5 Å². The number of halogens is 4. The molecule has 8 heterocycles. The Hall–Kier alpha value is -7.56. The lowest BCUT2D eigenvalue weighted by Gasteiger charge is -2.36. The van der Waals surface area contributed by atoms with Crippen LogP contribution in [0.15, 0.2) is 117 Å². The first kappa shape index (κ1) is 52.2. The number of para-hydroxylation sites is 1. The highest BCUT2D eigenvalue weighted by molar-refractivity contribution is 9.10. The smallest absolute Gasteiger partial charge is 0.419 e. The van der Waals surface area contributed by atoms with Gasteiger partial charge in [-0.1, -0.05) is 40.2 Å². The lowest BCUT2D eigenvalue weighted by molar-refractivity contribution is -0.139. The first-order valence-electron chi connectivity index (χ1n) is 26.8. The number of hydrogen-bond donors (Lipinski definition) is 6. The Morgan fingerprint density at radius 1 is 0.658 bits per heavy atom. The van der Waals surface area contributed by atoms with Crippen LogP contribution < -0.4 is 46.3 Å². The minimum atomic E-state index is -4.59. The second kappa shape index (κ2) is 21.9. The molecule has 0 spiro atoms. The summed E-state index contributed by atoms with van der Waals surface area (Å²) < 4.78 is 66.7. The van der Waals surface area contributed by atoms with E-state index >= 15 is 0 Å². The van der Waals surface area contributed by atoms with Gasteiger partial charge in [0.25, 0.3) is 11.8 Å². The summed E-state index contributed by atoms with van der Waals surface area (Å²) in [5, 5.41) is 38.8. The van der Waals surface area contributed by atoms with Gasteiger partial charge in [0.2, 0.25) is 23.6 Å². The van der Waals surface area contributed by atoms with E-state index in [1.54, 1.807) is 30.5 Å². The van der Waals surface area contributed by atoms with Crippen LogP contribution in [0.2, 0.25) is 0 Å². The largest absolute Gasteiger partial charge is 0.493 e. The molecule has 3 fully saturated rings. The summed E-state index contributed by atoms with van der Waals surface area (Å²) in [4.78, 5) is 34.4. The van der Waals surface area contributed by atoms with Crippen LogP contribution in [0.1, 0.15) is 124 Å². The van der Waals surface area contributed by atoms with Crippen LogP contribution in [-0.4, -0.2) is 89.7 Å². The molecule has 0 radical (unpaired) electrons. The van der Waals surface area contributed by atoms with Gasteiger partial charge in [-0.3, -0.25) is 9.59 Å². The van der Waals surface area contributed by atoms with Crippen molar-refractivity contribution < 1.29 is 41.1 Å². The van der Waals surface area contributed by atoms with Crippen molar-refractivity contribution in [2.45, 2.75) is 86.6 Å². The predicted octanol–water partition coefficient (Wildman–Crippen LogP) is 9.57. The minimum Gasteiger partial charge on any atom is -0.493 e. The Morgan fingerprint density at radius 2 is 1.27 bits per heavy atom. The molecular weight excluding hydrogens is 1090 g/mol.